The van der Waals surface area contributed by atoms with E-state index in [9.17, 15) is 14.4 Å². The third kappa shape index (κ3) is 4.03. The zero-order valence-electron chi connectivity index (χ0n) is 13.1. The van der Waals surface area contributed by atoms with E-state index in [1.54, 1.807) is 55.5 Å². The first kappa shape index (κ1) is 16.4. The van der Waals surface area contributed by atoms with Crippen LogP contribution in [-0.4, -0.2) is 24.1 Å². The maximum atomic E-state index is 12.3. The lowest BCUT2D eigenvalue weighted by Gasteiger charge is -2.20. The zero-order chi connectivity index (χ0) is 16.8. The molecule has 0 aliphatic rings. The number of nitrogens with zero attached hydrogens (tertiary/aromatic N) is 1. The predicted octanol–water partition coefficient (Wildman–Crippen LogP) is 2.88. The van der Waals surface area contributed by atoms with Gasteiger partial charge in [-0.3, -0.25) is 14.4 Å². The summed E-state index contributed by atoms with van der Waals surface area (Å²) < 4.78 is 0. The van der Waals surface area contributed by atoms with Gasteiger partial charge in [0.25, 0.3) is 0 Å². The van der Waals surface area contributed by atoms with Crippen molar-refractivity contribution in [2.24, 2.45) is 0 Å². The van der Waals surface area contributed by atoms with Crippen LogP contribution in [0.25, 0.3) is 0 Å². The average Bonchev–Trinajstić information content (AvgIpc) is 2.56. The van der Waals surface area contributed by atoms with E-state index in [-0.39, 0.29) is 5.78 Å². The largest absolute Gasteiger partial charge is 0.318 e. The molecule has 0 saturated carbocycles. The number of hydrogen-bond donors (Lipinski definition) is 1. The van der Waals surface area contributed by atoms with Crippen molar-refractivity contribution in [2.45, 2.75) is 13.8 Å². The first-order valence-corrected chi connectivity index (χ1v) is 7.31. The monoisotopic (exact) mass is 310 g/mol. The summed E-state index contributed by atoms with van der Waals surface area (Å²) in [6.45, 7) is 3.62. The molecule has 0 atom stereocenters. The summed E-state index contributed by atoms with van der Waals surface area (Å²) in [5.41, 5.74) is 1.55. The second-order valence-corrected chi connectivity index (χ2v) is 4.98. The van der Waals surface area contributed by atoms with Crippen LogP contribution in [0.3, 0.4) is 0 Å². The Labute approximate surface area is 134 Å². The Morgan fingerprint density at radius 1 is 1.00 bits per heavy atom. The Hall–Kier alpha value is -2.95. The molecule has 2 rings (SSSR count). The molecule has 0 fully saturated rings. The highest BCUT2D eigenvalue weighted by Gasteiger charge is 2.22. The molecule has 2 amide bonds. The van der Waals surface area contributed by atoms with Crippen molar-refractivity contribution in [1.82, 2.24) is 0 Å². The van der Waals surface area contributed by atoms with Gasteiger partial charge in [-0.05, 0) is 38.1 Å². The molecule has 5 heteroatoms. The van der Waals surface area contributed by atoms with Crippen molar-refractivity contribution in [3.05, 3.63) is 60.2 Å². The highest BCUT2D eigenvalue weighted by Crippen LogP contribution is 2.15. The number of nitrogens with one attached hydrogen (secondary N) is 1. The van der Waals surface area contributed by atoms with Crippen LogP contribution in [0, 0.1) is 0 Å². The van der Waals surface area contributed by atoms with Crippen LogP contribution in [-0.2, 0) is 9.59 Å². The van der Waals surface area contributed by atoms with E-state index in [1.807, 2.05) is 6.07 Å². The van der Waals surface area contributed by atoms with Gasteiger partial charge in [-0.1, -0.05) is 30.3 Å². The number of Topliss-reactive ketones (excluding diaryl/α,β-unsaturated/α-hetero) is 1. The molecule has 0 heterocycles. The molecular formula is C18H18N2O3. The number of likely N-dealkylation sites (N-methyl/N-ethyl adjacent to an activating group) is 1. The van der Waals surface area contributed by atoms with Crippen LogP contribution in [0.5, 0.6) is 0 Å². The van der Waals surface area contributed by atoms with Crippen molar-refractivity contribution >= 4 is 29.0 Å². The fraction of sp³-hybridized carbons (Fsp3) is 0.167. The van der Waals surface area contributed by atoms with Crippen LogP contribution in [0.2, 0.25) is 0 Å². The van der Waals surface area contributed by atoms with Crippen LogP contribution in [0.1, 0.15) is 24.2 Å². The SMILES string of the molecule is CCN(C(=O)C(=O)Nc1cccc(C(C)=O)c1)c1ccccc1. The molecule has 0 radical (unpaired) electrons. The standard InChI is InChI=1S/C18H18N2O3/c1-3-20(16-10-5-4-6-11-16)18(23)17(22)19-15-9-7-8-14(12-15)13(2)21/h4-12H,3H2,1-2H3,(H,19,22). The molecule has 0 saturated heterocycles. The van der Waals surface area contributed by atoms with E-state index in [0.29, 0.717) is 23.5 Å². The van der Waals surface area contributed by atoms with Gasteiger partial charge in [0.05, 0.1) is 0 Å². The van der Waals surface area contributed by atoms with E-state index >= 15 is 0 Å². The molecule has 23 heavy (non-hydrogen) atoms. The molecule has 1 N–H and O–H groups in total. The summed E-state index contributed by atoms with van der Waals surface area (Å²) in [6.07, 6.45) is 0. The van der Waals surface area contributed by atoms with Crippen molar-refractivity contribution in [2.75, 3.05) is 16.8 Å². The second-order valence-electron chi connectivity index (χ2n) is 4.98. The minimum Gasteiger partial charge on any atom is -0.318 e. The summed E-state index contributed by atoms with van der Waals surface area (Å²) in [7, 11) is 0. The molecule has 0 aliphatic carbocycles. The smallest absolute Gasteiger partial charge is 0.316 e. The Kier molecular flexibility index (Phi) is 5.25. The van der Waals surface area contributed by atoms with E-state index in [4.69, 9.17) is 0 Å². The number of para-hydroxylation sites is 1. The zero-order valence-corrected chi connectivity index (χ0v) is 13.1. The topological polar surface area (TPSA) is 66.5 Å². The summed E-state index contributed by atoms with van der Waals surface area (Å²) in [6, 6.07) is 15.5. The van der Waals surface area contributed by atoms with Gasteiger partial charge >= 0.3 is 11.8 Å². The van der Waals surface area contributed by atoms with E-state index in [0.717, 1.165) is 0 Å². The van der Waals surface area contributed by atoms with Crippen LogP contribution in [0.15, 0.2) is 54.6 Å². The lowest BCUT2D eigenvalue weighted by molar-refractivity contribution is -0.134. The number of ketones is 1. The fourth-order valence-electron chi connectivity index (χ4n) is 2.17. The van der Waals surface area contributed by atoms with Crippen molar-refractivity contribution in [3.63, 3.8) is 0 Å². The molecule has 0 aliphatic heterocycles. The summed E-state index contributed by atoms with van der Waals surface area (Å²) in [4.78, 5) is 37.3. The first-order valence-electron chi connectivity index (χ1n) is 7.31. The van der Waals surface area contributed by atoms with Gasteiger partial charge in [0.2, 0.25) is 0 Å². The molecule has 0 spiro atoms. The van der Waals surface area contributed by atoms with Gasteiger partial charge in [-0.25, -0.2) is 0 Å². The number of benzene rings is 2. The van der Waals surface area contributed by atoms with Crippen molar-refractivity contribution in [1.29, 1.82) is 0 Å². The molecule has 2 aromatic rings. The predicted molar refractivity (Wildman–Crippen MR) is 89.5 cm³/mol. The summed E-state index contributed by atoms with van der Waals surface area (Å²) >= 11 is 0. The number of anilines is 2. The van der Waals surface area contributed by atoms with Crippen LogP contribution >= 0.6 is 0 Å². The summed E-state index contributed by atoms with van der Waals surface area (Å²) in [5, 5.41) is 2.54. The minimum absolute atomic E-state index is 0.105. The molecular weight excluding hydrogens is 292 g/mol. The number of hydrogen-bond acceptors (Lipinski definition) is 3. The molecule has 0 aromatic heterocycles. The van der Waals surface area contributed by atoms with E-state index < -0.39 is 11.8 Å². The fourth-order valence-corrected chi connectivity index (χ4v) is 2.17. The van der Waals surface area contributed by atoms with Crippen LogP contribution < -0.4 is 10.2 Å². The lowest BCUT2D eigenvalue weighted by atomic mass is 10.1. The second kappa shape index (κ2) is 7.35. The third-order valence-corrected chi connectivity index (χ3v) is 3.35. The normalized spacial score (nSPS) is 10.0. The number of carbonyl (C=O) groups excluding carboxylic acids is 3. The van der Waals surface area contributed by atoms with Crippen molar-refractivity contribution < 1.29 is 14.4 Å². The molecule has 5 nitrogen and oxygen atoms in total. The number of carbonyl (C=O) groups is 3. The maximum Gasteiger partial charge on any atom is 0.316 e. The van der Waals surface area contributed by atoms with Crippen molar-refractivity contribution in [3.8, 4) is 0 Å². The number of amides is 2. The molecule has 2 aromatic carbocycles. The van der Waals surface area contributed by atoms with Gasteiger partial charge in [0.15, 0.2) is 5.78 Å². The van der Waals surface area contributed by atoms with Gasteiger partial charge in [0.1, 0.15) is 0 Å². The first-order chi connectivity index (χ1) is 11.0. The quantitative estimate of drug-likeness (QED) is 0.697. The highest BCUT2D eigenvalue weighted by atomic mass is 16.2. The Balaban J connectivity index is 2.15. The van der Waals surface area contributed by atoms with Gasteiger partial charge < -0.3 is 10.2 Å². The van der Waals surface area contributed by atoms with Gasteiger partial charge in [-0.15, -0.1) is 0 Å². The van der Waals surface area contributed by atoms with E-state index in [1.165, 1.54) is 11.8 Å². The Morgan fingerprint density at radius 3 is 2.30 bits per heavy atom. The molecule has 0 bridgehead atoms. The highest BCUT2D eigenvalue weighted by molar-refractivity contribution is 6.44. The number of rotatable bonds is 4. The third-order valence-electron chi connectivity index (χ3n) is 3.35. The summed E-state index contributed by atoms with van der Waals surface area (Å²) in [5.74, 6) is -1.49. The molecule has 118 valence electrons. The van der Waals surface area contributed by atoms with E-state index in [2.05, 4.69) is 5.32 Å². The van der Waals surface area contributed by atoms with Gasteiger partial charge in [0, 0.05) is 23.5 Å². The lowest BCUT2D eigenvalue weighted by Crippen LogP contribution is -2.39. The molecule has 0 unspecified atom stereocenters. The van der Waals surface area contributed by atoms with Gasteiger partial charge in [-0.2, -0.15) is 0 Å². The van der Waals surface area contributed by atoms with Crippen LogP contribution in [0.4, 0.5) is 11.4 Å². The Bertz CT molecular complexity index is 726. The minimum atomic E-state index is -0.739. The Morgan fingerprint density at radius 2 is 1.70 bits per heavy atom. The average molecular weight is 310 g/mol. The maximum absolute atomic E-state index is 12.3.